The summed E-state index contributed by atoms with van der Waals surface area (Å²) in [5.74, 6) is -0.485. The van der Waals surface area contributed by atoms with Gasteiger partial charge in [0.1, 0.15) is 17.1 Å². The molecule has 2 rings (SSSR count). The average molecular weight is 371 g/mol. The second-order valence-corrected chi connectivity index (χ2v) is 6.13. The molecular formula is C15H12BrFO3S. The maximum atomic E-state index is 13.4. The highest BCUT2D eigenvalue weighted by Crippen LogP contribution is 2.25. The van der Waals surface area contributed by atoms with Crippen LogP contribution in [0.25, 0.3) is 0 Å². The van der Waals surface area contributed by atoms with Gasteiger partial charge in [-0.05, 0) is 30.3 Å². The summed E-state index contributed by atoms with van der Waals surface area (Å²) in [6.07, 6.45) is 0. The zero-order chi connectivity index (χ0) is 15.2. The Morgan fingerprint density at radius 1 is 1.29 bits per heavy atom. The van der Waals surface area contributed by atoms with Crippen LogP contribution in [0.1, 0.15) is 10.4 Å². The van der Waals surface area contributed by atoms with Gasteiger partial charge in [-0.15, -0.1) is 11.8 Å². The Kier molecular flexibility index (Phi) is 5.64. The molecule has 0 aliphatic heterocycles. The van der Waals surface area contributed by atoms with Crippen molar-refractivity contribution in [3.8, 4) is 5.75 Å². The van der Waals surface area contributed by atoms with Crippen LogP contribution in [0.3, 0.4) is 0 Å². The molecule has 0 bridgehead atoms. The molecule has 0 radical (unpaired) electrons. The maximum Gasteiger partial charge on any atom is 0.339 e. The van der Waals surface area contributed by atoms with E-state index in [1.807, 2.05) is 0 Å². The molecular weight excluding hydrogens is 359 g/mol. The highest BCUT2D eigenvalue weighted by Gasteiger charge is 2.11. The van der Waals surface area contributed by atoms with E-state index in [2.05, 4.69) is 15.9 Å². The fraction of sp³-hybridized carbons (Fsp3) is 0.133. The minimum atomic E-state index is -1.05. The molecule has 0 spiro atoms. The molecule has 0 fully saturated rings. The first-order chi connectivity index (χ1) is 10.1. The molecule has 2 aromatic rings. The van der Waals surface area contributed by atoms with Crippen LogP contribution in [-0.2, 0) is 0 Å². The fourth-order valence-electron chi connectivity index (χ4n) is 1.66. The molecule has 0 saturated heterocycles. The summed E-state index contributed by atoms with van der Waals surface area (Å²) in [6, 6.07) is 11.3. The third kappa shape index (κ3) is 4.47. The molecule has 21 heavy (non-hydrogen) atoms. The summed E-state index contributed by atoms with van der Waals surface area (Å²) >= 11 is 4.55. The van der Waals surface area contributed by atoms with Crippen molar-refractivity contribution in [1.82, 2.24) is 0 Å². The van der Waals surface area contributed by atoms with Crippen molar-refractivity contribution in [3.63, 3.8) is 0 Å². The van der Waals surface area contributed by atoms with E-state index < -0.39 is 5.97 Å². The molecule has 110 valence electrons. The van der Waals surface area contributed by atoms with Crippen molar-refractivity contribution in [2.24, 2.45) is 0 Å². The summed E-state index contributed by atoms with van der Waals surface area (Å²) in [5.41, 5.74) is 0.0975. The van der Waals surface area contributed by atoms with E-state index in [1.54, 1.807) is 30.3 Å². The number of aromatic carboxylic acids is 1. The van der Waals surface area contributed by atoms with Crippen molar-refractivity contribution >= 4 is 33.7 Å². The predicted molar refractivity (Wildman–Crippen MR) is 83.7 cm³/mol. The standard InChI is InChI=1S/C15H12BrFO3S/c16-10-5-6-13(11(9-10)15(18)19)20-7-8-21-14-4-2-1-3-12(14)17/h1-6,9H,7-8H2,(H,18,19). The van der Waals surface area contributed by atoms with Crippen LogP contribution >= 0.6 is 27.7 Å². The van der Waals surface area contributed by atoms with Crippen molar-refractivity contribution in [2.45, 2.75) is 4.90 Å². The van der Waals surface area contributed by atoms with E-state index in [-0.39, 0.29) is 11.4 Å². The SMILES string of the molecule is O=C(O)c1cc(Br)ccc1OCCSc1ccccc1F. The van der Waals surface area contributed by atoms with Gasteiger partial charge in [-0.2, -0.15) is 0 Å². The molecule has 3 nitrogen and oxygen atoms in total. The lowest BCUT2D eigenvalue weighted by Crippen LogP contribution is -2.06. The van der Waals surface area contributed by atoms with Crippen molar-refractivity contribution in [3.05, 3.63) is 58.3 Å². The maximum absolute atomic E-state index is 13.4. The van der Waals surface area contributed by atoms with Crippen LogP contribution in [0, 0.1) is 5.82 Å². The fourth-order valence-corrected chi connectivity index (χ4v) is 2.79. The van der Waals surface area contributed by atoms with Gasteiger partial charge in [-0.25, -0.2) is 9.18 Å². The van der Waals surface area contributed by atoms with Crippen LogP contribution in [0.2, 0.25) is 0 Å². The number of thioether (sulfide) groups is 1. The smallest absolute Gasteiger partial charge is 0.339 e. The first-order valence-corrected chi connectivity index (χ1v) is 7.89. The number of halogens is 2. The molecule has 1 N–H and O–H groups in total. The molecule has 6 heteroatoms. The zero-order valence-electron chi connectivity index (χ0n) is 10.9. The number of ether oxygens (including phenoxy) is 1. The van der Waals surface area contributed by atoms with Crippen LogP contribution < -0.4 is 4.74 Å². The molecule has 0 heterocycles. The Balaban J connectivity index is 1.92. The average Bonchev–Trinajstić information content (AvgIpc) is 2.46. The number of carboxylic acids is 1. The second kappa shape index (κ2) is 7.47. The Hall–Kier alpha value is -1.53. The van der Waals surface area contributed by atoms with E-state index in [0.717, 1.165) is 0 Å². The third-order valence-electron chi connectivity index (χ3n) is 2.61. The zero-order valence-corrected chi connectivity index (χ0v) is 13.3. The van der Waals surface area contributed by atoms with Crippen LogP contribution in [-0.4, -0.2) is 23.4 Å². The Morgan fingerprint density at radius 2 is 2.05 bits per heavy atom. The van der Waals surface area contributed by atoms with E-state index in [1.165, 1.54) is 23.9 Å². The summed E-state index contributed by atoms with van der Waals surface area (Å²) < 4.78 is 19.6. The predicted octanol–water partition coefficient (Wildman–Crippen LogP) is 4.46. The van der Waals surface area contributed by atoms with Crippen LogP contribution in [0.5, 0.6) is 5.75 Å². The first-order valence-electron chi connectivity index (χ1n) is 6.11. The van der Waals surface area contributed by atoms with Crippen molar-refractivity contribution in [2.75, 3.05) is 12.4 Å². The molecule has 0 atom stereocenters. The number of hydrogen-bond donors (Lipinski definition) is 1. The number of benzene rings is 2. The molecule has 0 amide bonds. The lowest BCUT2D eigenvalue weighted by Gasteiger charge is -2.09. The normalized spacial score (nSPS) is 10.4. The van der Waals surface area contributed by atoms with Gasteiger partial charge in [0, 0.05) is 15.1 Å². The highest BCUT2D eigenvalue weighted by atomic mass is 79.9. The van der Waals surface area contributed by atoms with Gasteiger partial charge in [-0.3, -0.25) is 0 Å². The van der Waals surface area contributed by atoms with Gasteiger partial charge in [-0.1, -0.05) is 28.1 Å². The molecule has 0 aliphatic carbocycles. The van der Waals surface area contributed by atoms with Gasteiger partial charge in [0.05, 0.1) is 6.61 Å². The number of hydrogen-bond acceptors (Lipinski definition) is 3. The van der Waals surface area contributed by atoms with Crippen molar-refractivity contribution in [1.29, 1.82) is 0 Å². The lowest BCUT2D eigenvalue weighted by atomic mass is 10.2. The van der Waals surface area contributed by atoms with Crippen molar-refractivity contribution < 1.29 is 19.0 Å². The quantitative estimate of drug-likeness (QED) is 0.602. The minimum Gasteiger partial charge on any atom is -0.492 e. The van der Waals surface area contributed by atoms with Crippen LogP contribution in [0.15, 0.2) is 51.8 Å². The van der Waals surface area contributed by atoms with E-state index >= 15 is 0 Å². The number of carbonyl (C=O) groups is 1. The van der Waals surface area contributed by atoms with Gasteiger partial charge >= 0.3 is 5.97 Å². The largest absolute Gasteiger partial charge is 0.492 e. The van der Waals surface area contributed by atoms with Gasteiger partial charge in [0.2, 0.25) is 0 Å². The highest BCUT2D eigenvalue weighted by molar-refractivity contribution is 9.10. The third-order valence-corrected chi connectivity index (χ3v) is 4.11. The van der Waals surface area contributed by atoms with E-state index in [9.17, 15) is 9.18 Å². The Morgan fingerprint density at radius 3 is 2.76 bits per heavy atom. The Bertz CT molecular complexity index is 649. The molecule has 0 aromatic heterocycles. The molecule has 0 aliphatic rings. The monoisotopic (exact) mass is 370 g/mol. The minimum absolute atomic E-state index is 0.0975. The lowest BCUT2D eigenvalue weighted by molar-refractivity contribution is 0.0692. The number of carboxylic acid groups (broad SMARTS) is 1. The van der Waals surface area contributed by atoms with Crippen LogP contribution in [0.4, 0.5) is 4.39 Å². The second-order valence-electron chi connectivity index (χ2n) is 4.07. The number of rotatable bonds is 6. The molecule has 2 aromatic carbocycles. The summed E-state index contributed by atoms with van der Waals surface area (Å²) in [6.45, 7) is 0.293. The molecule has 0 saturated carbocycles. The van der Waals surface area contributed by atoms with Gasteiger partial charge in [0.15, 0.2) is 0 Å². The summed E-state index contributed by atoms with van der Waals surface area (Å²) in [5, 5.41) is 9.11. The molecule has 0 unspecified atom stereocenters. The summed E-state index contributed by atoms with van der Waals surface area (Å²) in [7, 11) is 0. The summed E-state index contributed by atoms with van der Waals surface area (Å²) in [4.78, 5) is 11.7. The van der Waals surface area contributed by atoms with Gasteiger partial charge < -0.3 is 9.84 Å². The Labute approximate surface area is 134 Å². The van der Waals surface area contributed by atoms with E-state index in [0.29, 0.717) is 27.5 Å². The van der Waals surface area contributed by atoms with E-state index in [4.69, 9.17) is 9.84 Å². The first kappa shape index (κ1) is 15.9. The topological polar surface area (TPSA) is 46.5 Å². The van der Waals surface area contributed by atoms with Gasteiger partial charge in [0.25, 0.3) is 0 Å².